The standard InChI is InChI=1S/C10H18N2O2/c1-8(9(11)13)12-6-10(7-12)2-4-14-5-3-10/h8H,2-7H2,1H3,(H2,11,13). The van der Waals surface area contributed by atoms with Gasteiger partial charge >= 0.3 is 0 Å². The van der Waals surface area contributed by atoms with E-state index in [1.54, 1.807) is 0 Å². The van der Waals surface area contributed by atoms with Gasteiger partial charge in [-0.2, -0.15) is 0 Å². The van der Waals surface area contributed by atoms with Crippen molar-refractivity contribution in [3.05, 3.63) is 0 Å². The highest BCUT2D eigenvalue weighted by Crippen LogP contribution is 2.40. The molecule has 2 aliphatic heterocycles. The van der Waals surface area contributed by atoms with Crippen LogP contribution in [0.5, 0.6) is 0 Å². The Bertz CT molecular complexity index is 228. The first-order chi connectivity index (χ1) is 6.63. The molecule has 0 aromatic rings. The fourth-order valence-electron chi connectivity index (χ4n) is 2.39. The Morgan fingerprint density at radius 3 is 2.50 bits per heavy atom. The molecular formula is C10H18N2O2. The van der Waals surface area contributed by atoms with Crippen molar-refractivity contribution in [3.8, 4) is 0 Å². The lowest BCUT2D eigenvalue weighted by atomic mass is 9.73. The van der Waals surface area contributed by atoms with Crippen LogP contribution < -0.4 is 5.73 Å². The van der Waals surface area contributed by atoms with Crippen molar-refractivity contribution in [2.24, 2.45) is 11.1 Å². The molecule has 0 aromatic heterocycles. The summed E-state index contributed by atoms with van der Waals surface area (Å²) in [7, 11) is 0. The number of rotatable bonds is 2. The van der Waals surface area contributed by atoms with Crippen LogP contribution in [0.15, 0.2) is 0 Å². The average molecular weight is 198 g/mol. The van der Waals surface area contributed by atoms with Gasteiger partial charge in [-0.25, -0.2) is 0 Å². The van der Waals surface area contributed by atoms with Crippen molar-refractivity contribution < 1.29 is 9.53 Å². The van der Waals surface area contributed by atoms with Crippen molar-refractivity contribution in [1.82, 2.24) is 4.90 Å². The van der Waals surface area contributed by atoms with E-state index in [9.17, 15) is 4.79 Å². The van der Waals surface area contributed by atoms with Gasteiger partial charge in [0, 0.05) is 31.7 Å². The highest BCUT2D eigenvalue weighted by atomic mass is 16.5. The normalized spacial score (nSPS) is 28.4. The maximum absolute atomic E-state index is 11.0. The molecule has 2 aliphatic rings. The van der Waals surface area contributed by atoms with E-state index in [4.69, 9.17) is 10.5 Å². The first-order valence-corrected chi connectivity index (χ1v) is 5.24. The number of hydrogen-bond donors (Lipinski definition) is 1. The fourth-order valence-corrected chi connectivity index (χ4v) is 2.39. The molecule has 0 saturated carbocycles. The average Bonchev–Trinajstić information content (AvgIpc) is 2.14. The molecular weight excluding hydrogens is 180 g/mol. The molecule has 1 unspecified atom stereocenters. The largest absolute Gasteiger partial charge is 0.381 e. The Morgan fingerprint density at radius 1 is 1.43 bits per heavy atom. The maximum atomic E-state index is 11.0. The summed E-state index contributed by atoms with van der Waals surface area (Å²) in [6.07, 6.45) is 2.27. The minimum absolute atomic E-state index is 0.108. The van der Waals surface area contributed by atoms with E-state index in [1.165, 1.54) is 0 Å². The van der Waals surface area contributed by atoms with Crippen LogP contribution in [0.25, 0.3) is 0 Å². The van der Waals surface area contributed by atoms with Crippen LogP contribution in [0.4, 0.5) is 0 Å². The molecule has 2 heterocycles. The summed E-state index contributed by atoms with van der Waals surface area (Å²) in [5.74, 6) is -0.216. The summed E-state index contributed by atoms with van der Waals surface area (Å²) in [5.41, 5.74) is 5.69. The van der Waals surface area contributed by atoms with Gasteiger partial charge in [0.1, 0.15) is 0 Å². The van der Waals surface area contributed by atoms with Crippen molar-refractivity contribution in [2.75, 3.05) is 26.3 Å². The summed E-state index contributed by atoms with van der Waals surface area (Å²) in [6, 6.07) is -0.108. The van der Waals surface area contributed by atoms with Crippen molar-refractivity contribution in [3.63, 3.8) is 0 Å². The molecule has 2 rings (SSSR count). The van der Waals surface area contributed by atoms with Gasteiger partial charge in [0.05, 0.1) is 6.04 Å². The summed E-state index contributed by atoms with van der Waals surface area (Å²) >= 11 is 0. The van der Waals surface area contributed by atoms with Crippen molar-refractivity contribution in [2.45, 2.75) is 25.8 Å². The zero-order valence-electron chi connectivity index (χ0n) is 8.66. The number of nitrogens with two attached hydrogens (primary N) is 1. The zero-order chi connectivity index (χ0) is 10.2. The Kier molecular flexibility index (Phi) is 2.49. The molecule has 14 heavy (non-hydrogen) atoms. The van der Waals surface area contributed by atoms with Crippen LogP contribution in [0, 0.1) is 5.41 Å². The Hall–Kier alpha value is -0.610. The monoisotopic (exact) mass is 198 g/mol. The van der Waals surface area contributed by atoms with Crippen LogP contribution >= 0.6 is 0 Å². The number of likely N-dealkylation sites (tertiary alicyclic amines) is 1. The molecule has 4 heteroatoms. The number of carbonyl (C=O) groups is 1. The van der Waals surface area contributed by atoms with Gasteiger partial charge in [-0.05, 0) is 19.8 Å². The Balaban J connectivity index is 1.85. The molecule has 0 radical (unpaired) electrons. The number of nitrogens with zero attached hydrogens (tertiary/aromatic N) is 1. The maximum Gasteiger partial charge on any atom is 0.234 e. The van der Waals surface area contributed by atoms with Crippen molar-refractivity contribution in [1.29, 1.82) is 0 Å². The van der Waals surface area contributed by atoms with E-state index < -0.39 is 0 Å². The van der Waals surface area contributed by atoms with Gasteiger partial charge in [0.2, 0.25) is 5.91 Å². The van der Waals surface area contributed by atoms with Crippen LogP contribution in [0.1, 0.15) is 19.8 Å². The molecule has 80 valence electrons. The molecule has 2 fully saturated rings. The third kappa shape index (κ3) is 1.64. The van der Waals surface area contributed by atoms with E-state index in [0.717, 1.165) is 39.1 Å². The van der Waals surface area contributed by atoms with Crippen LogP contribution in [-0.4, -0.2) is 43.2 Å². The van der Waals surface area contributed by atoms with Crippen LogP contribution in [0.3, 0.4) is 0 Å². The molecule has 2 saturated heterocycles. The lowest BCUT2D eigenvalue weighted by molar-refractivity contribution is -0.134. The van der Waals surface area contributed by atoms with E-state index in [-0.39, 0.29) is 11.9 Å². The topological polar surface area (TPSA) is 55.6 Å². The smallest absolute Gasteiger partial charge is 0.234 e. The number of ether oxygens (including phenoxy) is 1. The van der Waals surface area contributed by atoms with Gasteiger partial charge in [0.25, 0.3) is 0 Å². The summed E-state index contributed by atoms with van der Waals surface area (Å²) in [5, 5.41) is 0. The van der Waals surface area contributed by atoms with Gasteiger partial charge in [-0.15, -0.1) is 0 Å². The molecule has 1 atom stereocenters. The molecule has 0 aliphatic carbocycles. The third-order valence-corrected chi connectivity index (χ3v) is 3.59. The van der Waals surface area contributed by atoms with E-state index in [2.05, 4.69) is 4.90 Å². The summed E-state index contributed by atoms with van der Waals surface area (Å²) in [4.78, 5) is 13.1. The highest BCUT2D eigenvalue weighted by molar-refractivity contribution is 5.79. The lowest BCUT2D eigenvalue weighted by Crippen LogP contribution is -2.63. The minimum atomic E-state index is -0.216. The molecule has 1 spiro atoms. The molecule has 0 bridgehead atoms. The summed E-state index contributed by atoms with van der Waals surface area (Å²) < 4.78 is 5.33. The van der Waals surface area contributed by atoms with Gasteiger partial charge in [0.15, 0.2) is 0 Å². The van der Waals surface area contributed by atoms with Gasteiger partial charge in [-0.1, -0.05) is 0 Å². The van der Waals surface area contributed by atoms with Crippen LogP contribution in [-0.2, 0) is 9.53 Å². The highest BCUT2D eigenvalue weighted by Gasteiger charge is 2.46. The quantitative estimate of drug-likeness (QED) is 0.678. The first-order valence-electron chi connectivity index (χ1n) is 5.24. The predicted octanol–water partition coefficient (Wildman–Crippen LogP) is -0.0274. The first kappa shape index (κ1) is 9.93. The molecule has 2 N–H and O–H groups in total. The Morgan fingerprint density at radius 2 is 2.00 bits per heavy atom. The van der Waals surface area contributed by atoms with Gasteiger partial charge in [-0.3, -0.25) is 9.69 Å². The zero-order valence-corrected chi connectivity index (χ0v) is 8.66. The van der Waals surface area contributed by atoms with Crippen molar-refractivity contribution >= 4 is 5.91 Å². The third-order valence-electron chi connectivity index (χ3n) is 3.59. The fraction of sp³-hybridized carbons (Fsp3) is 0.900. The number of hydrogen-bond acceptors (Lipinski definition) is 3. The number of amides is 1. The van der Waals surface area contributed by atoms with Crippen LogP contribution in [0.2, 0.25) is 0 Å². The molecule has 1 amide bonds. The second-order valence-electron chi connectivity index (χ2n) is 4.60. The van der Waals surface area contributed by atoms with E-state index >= 15 is 0 Å². The number of primary amides is 1. The van der Waals surface area contributed by atoms with Gasteiger partial charge < -0.3 is 10.5 Å². The lowest BCUT2D eigenvalue weighted by Gasteiger charge is -2.53. The second kappa shape index (κ2) is 3.51. The van der Waals surface area contributed by atoms with E-state index in [0.29, 0.717) is 5.41 Å². The molecule has 0 aromatic carbocycles. The second-order valence-corrected chi connectivity index (χ2v) is 4.60. The predicted molar refractivity (Wildman–Crippen MR) is 52.7 cm³/mol. The van der Waals surface area contributed by atoms with E-state index in [1.807, 2.05) is 6.92 Å². The SMILES string of the molecule is CC(C(N)=O)N1CC2(CCOCC2)C1. The minimum Gasteiger partial charge on any atom is -0.381 e. The molecule has 4 nitrogen and oxygen atoms in total. The summed E-state index contributed by atoms with van der Waals surface area (Å²) in [6.45, 7) is 5.66. The number of carbonyl (C=O) groups excluding carboxylic acids is 1. The Labute approximate surface area is 84.4 Å².